The lowest BCUT2D eigenvalue weighted by Gasteiger charge is -2.37. The molecule has 0 N–H and O–H groups in total. The van der Waals surface area contributed by atoms with E-state index in [0.717, 1.165) is 24.1 Å². The second kappa shape index (κ2) is 7.05. The maximum absolute atomic E-state index is 14.1. The number of ether oxygens (including phenoxy) is 1. The molecule has 0 unspecified atom stereocenters. The fourth-order valence-electron chi connectivity index (χ4n) is 6.73. The summed E-state index contributed by atoms with van der Waals surface area (Å²) >= 11 is 6.23. The number of hydrogen-bond acceptors (Lipinski definition) is 5. The van der Waals surface area contributed by atoms with Gasteiger partial charge in [0.05, 0.1) is 24.6 Å². The number of anilines is 2. The molecule has 170 valence electrons. The number of fused-ring (bicyclic) bond motifs is 7. The lowest BCUT2D eigenvalue weighted by atomic mass is 9.75. The number of carbonyl (C=O) groups is 3. The van der Waals surface area contributed by atoms with Crippen LogP contribution in [0.25, 0.3) is 0 Å². The first-order chi connectivity index (χ1) is 16.0. The maximum atomic E-state index is 14.1. The van der Waals surface area contributed by atoms with Gasteiger partial charge in [-0.05, 0) is 50.6 Å². The summed E-state index contributed by atoms with van der Waals surface area (Å²) in [5.74, 6) is -1.72. The van der Waals surface area contributed by atoms with Crippen LogP contribution >= 0.6 is 11.6 Å². The van der Waals surface area contributed by atoms with Gasteiger partial charge in [-0.3, -0.25) is 19.3 Å². The Morgan fingerprint density at radius 3 is 2.64 bits per heavy atom. The lowest BCUT2D eigenvalue weighted by molar-refractivity contribution is -0.137. The van der Waals surface area contributed by atoms with E-state index in [-0.39, 0.29) is 23.8 Å². The van der Waals surface area contributed by atoms with E-state index in [1.807, 2.05) is 31.2 Å². The summed E-state index contributed by atoms with van der Waals surface area (Å²) in [5.41, 5.74) is 0.832. The zero-order valence-corrected chi connectivity index (χ0v) is 19.2. The Labute approximate surface area is 196 Å². The molecule has 6 rings (SSSR count). The van der Waals surface area contributed by atoms with Crippen molar-refractivity contribution in [2.45, 2.75) is 31.3 Å². The minimum absolute atomic E-state index is 0.105. The van der Waals surface area contributed by atoms with Gasteiger partial charge in [-0.25, -0.2) is 4.90 Å². The summed E-state index contributed by atoms with van der Waals surface area (Å²) in [4.78, 5) is 47.3. The van der Waals surface area contributed by atoms with Crippen LogP contribution in [-0.4, -0.2) is 48.9 Å². The minimum Gasteiger partial charge on any atom is -0.495 e. The monoisotopic (exact) mass is 465 g/mol. The van der Waals surface area contributed by atoms with Crippen LogP contribution in [0, 0.1) is 11.8 Å². The molecule has 0 aromatic heterocycles. The van der Waals surface area contributed by atoms with E-state index in [0.29, 0.717) is 29.5 Å². The van der Waals surface area contributed by atoms with Crippen LogP contribution in [0.1, 0.15) is 25.3 Å². The third kappa shape index (κ3) is 2.36. The fourth-order valence-corrected chi connectivity index (χ4v) is 6.90. The molecule has 3 amide bonds. The highest BCUT2D eigenvalue weighted by molar-refractivity contribution is 6.32. The molecule has 0 saturated carbocycles. The fraction of sp³-hybridized carbons (Fsp3) is 0.400. The van der Waals surface area contributed by atoms with Gasteiger partial charge in [-0.1, -0.05) is 29.8 Å². The Balaban J connectivity index is 1.57. The van der Waals surface area contributed by atoms with Gasteiger partial charge >= 0.3 is 0 Å². The normalized spacial score (nSPS) is 30.4. The van der Waals surface area contributed by atoms with Crippen molar-refractivity contribution in [1.29, 1.82) is 0 Å². The Kier molecular flexibility index (Phi) is 4.42. The third-order valence-corrected chi connectivity index (χ3v) is 8.08. The van der Waals surface area contributed by atoms with Gasteiger partial charge in [0.25, 0.3) is 5.91 Å². The smallest absolute Gasteiger partial charge is 0.253 e. The van der Waals surface area contributed by atoms with Crippen LogP contribution < -0.4 is 14.5 Å². The molecule has 4 aliphatic heterocycles. The molecule has 3 saturated heterocycles. The number of para-hydroxylation sites is 1. The highest BCUT2D eigenvalue weighted by Crippen LogP contribution is 2.62. The average Bonchev–Trinajstić information content (AvgIpc) is 3.51. The number of hydrogen-bond donors (Lipinski definition) is 0. The van der Waals surface area contributed by atoms with Gasteiger partial charge in [-0.15, -0.1) is 0 Å². The number of methoxy groups -OCH3 is 1. The number of amides is 3. The molecule has 2 aromatic rings. The molecule has 1 spiro atoms. The molecule has 33 heavy (non-hydrogen) atoms. The number of nitrogens with zero attached hydrogens (tertiary/aromatic N) is 3. The summed E-state index contributed by atoms with van der Waals surface area (Å²) in [6.07, 6.45) is 1.67. The summed E-state index contributed by atoms with van der Waals surface area (Å²) in [6, 6.07) is 12.4. The van der Waals surface area contributed by atoms with E-state index in [1.165, 1.54) is 12.0 Å². The van der Waals surface area contributed by atoms with Crippen molar-refractivity contribution in [2.75, 3.05) is 30.0 Å². The van der Waals surface area contributed by atoms with Crippen LogP contribution in [0.15, 0.2) is 42.5 Å². The summed E-state index contributed by atoms with van der Waals surface area (Å²) < 4.78 is 5.46. The van der Waals surface area contributed by atoms with E-state index in [9.17, 15) is 14.4 Å². The maximum Gasteiger partial charge on any atom is 0.253 e. The molecule has 0 aliphatic carbocycles. The van der Waals surface area contributed by atoms with Crippen LogP contribution in [0.2, 0.25) is 5.02 Å². The number of imide groups is 1. The summed E-state index contributed by atoms with van der Waals surface area (Å²) in [7, 11) is 1.49. The Morgan fingerprint density at radius 1 is 1.09 bits per heavy atom. The zero-order valence-electron chi connectivity index (χ0n) is 18.5. The Hall–Kier alpha value is -2.90. The van der Waals surface area contributed by atoms with E-state index in [4.69, 9.17) is 16.3 Å². The second-order valence-electron chi connectivity index (χ2n) is 9.07. The van der Waals surface area contributed by atoms with E-state index < -0.39 is 17.4 Å². The number of carbonyl (C=O) groups excluding carboxylic acids is 3. The summed E-state index contributed by atoms with van der Waals surface area (Å²) in [5, 5.41) is 0.403. The van der Waals surface area contributed by atoms with E-state index in [1.54, 1.807) is 23.1 Å². The first-order valence-electron chi connectivity index (χ1n) is 11.4. The molecule has 0 radical (unpaired) electrons. The van der Waals surface area contributed by atoms with Gasteiger partial charge in [0, 0.05) is 28.9 Å². The number of likely N-dealkylation sites (N-methyl/N-ethyl adjacent to an activating group) is 1. The highest BCUT2D eigenvalue weighted by atomic mass is 35.5. The number of benzene rings is 2. The van der Waals surface area contributed by atoms with E-state index in [2.05, 4.69) is 4.90 Å². The quantitative estimate of drug-likeness (QED) is 0.651. The molecule has 3 fully saturated rings. The van der Waals surface area contributed by atoms with Crippen molar-refractivity contribution in [3.05, 3.63) is 53.1 Å². The average molecular weight is 466 g/mol. The van der Waals surface area contributed by atoms with Crippen molar-refractivity contribution in [3.63, 3.8) is 0 Å². The largest absolute Gasteiger partial charge is 0.495 e. The molecule has 4 aliphatic rings. The lowest BCUT2D eigenvalue weighted by Crippen LogP contribution is -2.56. The topological polar surface area (TPSA) is 70.2 Å². The third-order valence-electron chi connectivity index (χ3n) is 7.84. The predicted molar refractivity (Wildman–Crippen MR) is 123 cm³/mol. The van der Waals surface area contributed by atoms with Crippen LogP contribution in [-0.2, 0) is 19.9 Å². The van der Waals surface area contributed by atoms with Gasteiger partial charge in [0.15, 0.2) is 0 Å². The molecule has 2 aromatic carbocycles. The predicted octanol–water partition coefficient (Wildman–Crippen LogP) is 3.19. The number of rotatable bonds is 3. The van der Waals surface area contributed by atoms with Gasteiger partial charge < -0.3 is 9.64 Å². The Bertz CT molecular complexity index is 1220. The molecule has 4 atom stereocenters. The number of halogens is 1. The van der Waals surface area contributed by atoms with Gasteiger partial charge in [0.2, 0.25) is 11.8 Å². The first-order valence-corrected chi connectivity index (χ1v) is 11.7. The SMILES string of the molecule is CCN1C(=O)[C@@]2(c3ccccc31)[C@@H]1C(=O)N(c3cc(Cl)ccc3OC)C(=O)[C@@H]1[C@H]1CCCN12. The van der Waals surface area contributed by atoms with Crippen molar-refractivity contribution in [1.82, 2.24) is 4.90 Å². The molecular weight excluding hydrogens is 442 g/mol. The van der Waals surface area contributed by atoms with Gasteiger partial charge in [0.1, 0.15) is 11.3 Å². The van der Waals surface area contributed by atoms with Crippen molar-refractivity contribution >= 4 is 40.7 Å². The zero-order chi connectivity index (χ0) is 23.1. The van der Waals surface area contributed by atoms with Crippen LogP contribution in [0.5, 0.6) is 5.75 Å². The van der Waals surface area contributed by atoms with Crippen LogP contribution in [0.4, 0.5) is 11.4 Å². The first kappa shape index (κ1) is 20.7. The standard InChI is InChI=1S/C25H24ClN3O4/c1-3-27-16-8-5-4-7-15(16)25(24(27)32)21-20(17-9-6-12-28(17)25)22(30)29(23(21)31)18-13-14(26)10-11-19(18)33-2/h4-5,7-8,10-11,13,17,20-21H,3,6,9,12H2,1-2H3/t17-,20-,21+,25-/m1/s1. The van der Waals surface area contributed by atoms with E-state index >= 15 is 0 Å². The molecule has 7 nitrogen and oxygen atoms in total. The van der Waals surface area contributed by atoms with Crippen LogP contribution in [0.3, 0.4) is 0 Å². The van der Waals surface area contributed by atoms with Crippen molar-refractivity contribution < 1.29 is 19.1 Å². The second-order valence-corrected chi connectivity index (χ2v) is 9.50. The molecular formula is C25H24ClN3O4. The molecule has 4 heterocycles. The minimum atomic E-state index is -1.16. The van der Waals surface area contributed by atoms with Gasteiger partial charge in [-0.2, -0.15) is 0 Å². The summed E-state index contributed by atoms with van der Waals surface area (Å²) in [6.45, 7) is 3.13. The van der Waals surface area contributed by atoms with Crippen molar-refractivity contribution in [2.24, 2.45) is 11.8 Å². The molecule has 0 bridgehead atoms. The molecule has 8 heteroatoms. The van der Waals surface area contributed by atoms with Crippen molar-refractivity contribution in [3.8, 4) is 5.75 Å². The highest BCUT2D eigenvalue weighted by Gasteiger charge is 2.75. The Morgan fingerprint density at radius 2 is 1.88 bits per heavy atom.